The quantitative estimate of drug-likeness (QED) is 0.0384. The summed E-state index contributed by atoms with van der Waals surface area (Å²) in [4.78, 5) is 31.1. The Kier molecular flexibility index (Phi) is 13.6. The van der Waals surface area contributed by atoms with Crippen molar-refractivity contribution in [3.05, 3.63) is 77.9 Å². The van der Waals surface area contributed by atoms with Crippen LogP contribution in [0.1, 0.15) is 88.2 Å². The van der Waals surface area contributed by atoms with Gasteiger partial charge in [-0.3, -0.25) is 15.0 Å². The number of aromatic nitrogens is 1. The summed E-state index contributed by atoms with van der Waals surface area (Å²) >= 11 is 1.53. The zero-order valence-electron chi connectivity index (χ0n) is 29.8. The lowest BCUT2D eigenvalue weighted by molar-refractivity contribution is -0.145. The number of fused-ring (bicyclic) bond motifs is 1. The predicted molar refractivity (Wildman–Crippen MR) is 203 cm³/mol. The smallest absolute Gasteiger partial charge is 0.314 e. The molecule has 10 nitrogen and oxygen atoms in total. The number of ether oxygens (including phenoxy) is 4. The molecular weight excluding hydrogens is 679 g/mol. The number of rotatable bonds is 16. The van der Waals surface area contributed by atoms with Gasteiger partial charge in [0.05, 0.1) is 48.1 Å². The fraction of sp³-hybridized carbons (Fsp3) is 0.463. The number of hydrazone groups is 1. The fourth-order valence-electron chi connectivity index (χ4n) is 7.23. The van der Waals surface area contributed by atoms with Crippen LogP contribution >= 0.6 is 11.3 Å². The van der Waals surface area contributed by atoms with E-state index in [9.17, 15) is 9.59 Å². The minimum absolute atomic E-state index is 0.0254. The molecule has 0 atom stereocenters. The lowest BCUT2D eigenvalue weighted by atomic mass is 9.77. The Hall–Kier alpha value is -4.32. The molecule has 0 unspecified atom stereocenters. The number of hydrogen-bond donors (Lipinski definition) is 2. The molecule has 0 saturated heterocycles. The third kappa shape index (κ3) is 10.4. The first-order chi connectivity index (χ1) is 25.5. The molecule has 0 spiro atoms. The van der Waals surface area contributed by atoms with E-state index in [0.717, 1.165) is 34.5 Å². The largest absolute Gasteiger partial charge is 0.491 e. The number of nitrogens with one attached hydrogen (secondary N) is 1. The van der Waals surface area contributed by atoms with Crippen LogP contribution in [0.2, 0.25) is 0 Å². The van der Waals surface area contributed by atoms with Crippen molar-refractivity contribution in [1.29, 1.82) is 0 Å². The molecule has 52 heavy (non-hydrogen) atoms. The second kappa shape index (κ2) is 19.0. The van der Waals surface area contributed by atoms with Gasteiger partial charge in [-0.2, -0.15) is 5.10 Å². The number of thiazole rings is 1. The summed E-state index contributed by atoms with van der Waals surface area (Å²) in [6.45, 7) is 3.24. The van der Waals surface area contributed by atoms with Gasteiger partial charge in [0.1, 0.15) is 23.9 Å². The number of carbonyl (C=O) groups is 2. The van der Waals surface area contributed by atoms with Crippen molar-refractivity contribution in [2.75, 3.05) is 31.9 Å². The van der Waals surface area contributed by atoms with E-state index in [4.69, 9.17) is 24.1 Å². The van der Waals surface area contributed by atoms with Gasteiger partial charge in [0, 0.05) is 5.56 Å². The second-order valence-corrected chi connectivity index (χ2v) is 14.7. The Morgan fingerprint density at radius 2 is 1.58 bits per heavy atom. The summed E-state index contributed by atoms with van der Waals surface area (Å²) in [5.41, 5.74) is 5.99. The number of hydrogen-bond acceptors (Lipinski definition) is 11. The van der Waals surface area contributed by atoms with Gasteiger partial charge in [-0.1, -0.05) is 49.3 Å². The first kappa shape index (κ1) is 37.4. The third-order valence-corrected chi connectivity index (χ3v) is 11.0. The predicted octanol–water partition coefficient (Wildman–Crippen LogP) is 8.52. The van der Waals surface area contributed by atoms with E-state index in [1.54, 1.807) is 30.5 Å². The van der Waals surface area contributed by atoms with Gasteiger partial charge in [-0.05, 0) is 117 Å². The van der Waals surface area contributed by atoms with Crippen molar-refractivity contribution < 1.29 is 33.6 Å². The molecule has 2 N–H and O–H groups in total. The highest BCUT2D eigenvalue weighted by Crippen LogP contribution is 2.39. The van der Waals surface area contributed by atoms with Gasteiger partial charge >= 0.3 is 11.9 Å². The fourth-order valence-corrected chi connectivity index (χ4v) is 8.04. The number of aliphatic hydroxyl groups excluding tert-OH is 1. The summed E-state index contributed by atoms with van der Waals surface area (Å²) in [6.07, 6.45) is 11.3. The number of para-hydroxylation sites is 1. The van der Waals surface area contributed by atoms with Crippen LogP contribution in [0.3, 0.4) is 0 Å². The Labute approximate surface area is 309 Å². The van der Waals surface area contributed by atoms with E-state index >= 15 is 0 Å². The van der Waals surface area contributed by atoms with Gasteiger partial charge < -0.3 is 24.1 Å². The summed E-state index contributed by atoms with van der Waals surface area (Å²) in [5, 5.41) is 14.0. The third-order valence-electron chi connectivity index (χ3n) is 10.1. The number of carbonyl (C=O) groups excluding carboxylic acids is 2. The Balaban J connectivity index is 1.04. The van der Waals surface area contributed by atoms with Gasteiger partial charge in [-0.25, -0.2) is 4.98 Å². The molecule has 2 aliphatic rings. The highest BCUT2D eigenvalue weighted by molar-refractivity contribution is 7.22. The highest BCUT2D eigenvalue weighted by Gasteiger charge is 2.32. The van der Waals surface area contributed by atoms with Crippen molar-refractivity contribution in [3.8, 4) is 17.2 Å². The Morgan fingerprint density at radius 1 is 0.865 bits per heavy atom. The number of benzene rings is 3. The lowest BCUT2D eigenvalue weighted by Crippen LogP contribution is -2.30. The van der Waals surface area contributed by atoms with Crippen LogP contribution < -0.4 is 19.6 Å². The van der Waals surface area contributed by atoms with Crippen LogP contribution in [0.4, 0.5) is 5.13 Å². The molecule has 2 fully saturated rings. The standard InChI is InChI=1S/C41H49N3O7S/c1-2-5-28-8-10-29(11-9-28)32-16-21-37(33(26-32)27-42-44-41-43-36-6-3-4-7-38(36)52-41)51-40(47)31-14-12-30(13-15-31)39(46)50-35-19-17-34(18-20-35)49-25-24-48-23-22-45/h3-4,6-7,16-21,26-31,45H,2,5,8-15,22-25H2,1H3,(H,43,44)/b42-27+. The number of anilines is 1. The Bertz CT molecular complexity index is 1740. The molecule has 0 bridgehead atoms. The van der Waals surface area contributed by atoms with Crippen molar-refractivity contribution >= 4 is 44.8 Å². The molecule has 2 saturated carbocycles. The molecule has 0 aliphatic heterocycles. The van der Waals surface area contributed by atoms with E-state index in [1.165, 1.54) is 42.6 Å². The monoisotopic (exact) mass is 727 g/mol. The normalized spacial score (nSPS) is 20.5. The highest BCUT2D eigenvalue weighted by atomic mass is 32.1. The maximum absolute atomic E-state index is 13.5. The van der Waals surface area contributed by atoms with Crippen LogP contribution in [0.25, 0.3) is 10.2 Å². The maximum atomic E-state index is 13.5. The molecule has 2 aliphatic carbocycles. The van der Waals surface area contributed by atoms with E-state index < -0.39 is 0 Å². The molecule has 3 aromatic carbocycles. The average Bonchev–Trinajstić information content (AvgIpc) is 3.59. The lowest BCUT2D eigenvalue weighted by Gasteiger charge is -2.29. The molecule has 0 radical (unpaired) electrons. The Morgan fingerprint density at radius 3 is 2.29 bits per heavy atom. The minimum atomic E-state index is -0.305. The van der Waals surface area contributed by atoms with Gasteiger partial charge in [-0.15, -0.1) is 0 Å². The van der Waals surface area contributed by atoms with Gasteiger partial charge in [0.25, 0.3) is 0 Å². The van der Waals surface area contributed by atoms with Gasteiger partial charge in [0.15, 0.2) is 0 Å². The van der Waals surface area contributed by atoms with Crippen LogP contribution in [0.15, 0.2) is 71.8 Å². The molecule has 276 valence electrons. The first-order valence-electron chi connectivity index (χ1n) is 18.6. The van der Waals surface area contributed by atoms with Crippen molar-refractivity contribution in [2.24, 2.45) is 22.9 Å². The number of nitrogens with zero attached hydrogens (tertiary/aromatic N) is 2. The zero-order chi connectivity index (χ0) is 36.1. The van der Waals surface area contributed by atoms with E-state index in [0.29, 0.717) is 67.2 Å². The van der Waals surface area contributed by atoms with E-state index in [2.05, 4.69) is 34.6 Å². The summed E-state index contributed by atoms with van der Waals surface area (Å²) < 4.78 is 23.6. The zero-order valence-corrected chi connectivity index (χ0v) is 30.7. The van der Waals surface area contributed by atoms with Gasteiger partial charge in [0.2, 0.25) is 5.13 Å². The number of aliphatic hydroxyl groups is 1. The maximum Gasteiger partial charge on any atom is 0.314 e. The van der Waals surface area contributed by atoms with E-state index in [1.807, 2.05) is 30.3 Å². The average molecular weight is 728 g/mol. The molecule has 6 rings (SSSR count). The molecule has 11 heteroatoms. The minimum Gasteiger partial charge on any atom is -0.491 e. The molecule has 4 aromatic rings. The molecule has 1 aromatic heterocycles. The summed E-state index contributed by atoms with van der Waals surface area (Å²) in [7, 11) is 0. The van der Waals surface area contributed by atoms with Crippen LogP contribution in [0, 0.1) is 17.8 Å². The van der Waals surface area contributed by atoms with Crippen LogP contribution in [0.5, 0.6) is 17.2 Å². The second-order valence-electron chi connectivity index (χ2n) is 13.7. The van der Waals surface area contributed by atoms with Crippen LogP contribution in [-0.4, -0.2) is 54.7 Å². The van der Waals surface area contributed by atoms with E-state index in [-0.39, 0.29) is 37.0 Å². The van der Waals surface area contributed by atoms with Crippen LogP contribution in [-0.2, 0) is 14.3 Å². The molecule has 0 amide bonds. The number of esters is 2. The SMILES string of the molecule is CCCC1CCC(c2ccc(OC(=O)C3CCC(C(=O)Oc4ccc(OCCOCCO)cc4)CC3)c(/C=N/Nc3nc4ccccc4s3)c2)CC1. The summed E-state index contributed by atoms with van der Waals surface area (Å²) in [6, 6.07) is 21.0. The molecular formula is C41H49N3O7S. The first-order valence-corrected chi connectivity index (χ1v) is 19.4. The van der Waals surface area contributed by atoms with Crippen molar-refractivity contribution in [3.63, 3.8) is 0 Å². The molecule has 1 heterocycles. The topological polar surface area (TPSA) is 129 Å². The van der Waals surface area contributed by atoms with Crippen molar-refractivity contribution in [2.45, 2.75) is 77.0 Å². The summed E-state index contributed by atoms with van der Waals surface area (Å²) in [5.74, 6) is 1.68. The van der Waals surface area contributed by atoms with Crippen molar-refractivity contribution in [1.82, 2.24) is 4.98 Å².